The lowest BCUT2D eigenvalue weighted by Gasteiger charge is -2.14. The molecule has 0 bridgehead atoms. The summed E-state index contributed by atoms with van der Waals surface area (Å²) in [4.78, 5) is 31.3. The van der Waals surface area contributed by atoms with E-state index in [0.717, 1.165) is 128 Å². The third kappa shape index (κ3) is 15.7. The van der Waals surface area contributed by atoms with Crippen molar-refractivity contribution in [2.24, 2.45) is 0 Å². The van der Waals surface area contributed by atoms with Crippen molar-refractivity contribution in [2.75, 3.05) is 0 Å². The molecule has 0 spiro atoms. The molecule has 0 aliphatic carbocycles. The van der Waals surface area contributed by atoms with E-state index >= 15 is 0 Å². The Morgan fingerprint density at radius 2 is 0.425 bits per heavy atom. The second kappa shape index (κ2) is 36.2. The van der Waals surface area contributed by atoms with Gasteiger partial charge in [-0.3, -0.25) is 4.98 Å². The van der Waals surface area contributed by atoms with Crippen molar-refractivity contribution in [3.05, 3.63) is 498 Å². The second-order valence-electron chi connectivity index (χ2n) is 37.4. The van der Waals surface area contributed by atoms with E-state index in [9.17, 15) is 0 Å². The third-order valence-electron chi connectivity index (χ3n) is 28.6. The molecule has 146 heavy (non-hydrogen) atoms. The van der Waals surface area contributed by atoms with Crippen LogP contribution in [0.15, 0.2) is 498 Å². The molecule has 0 radical (unpaired) electrons. The molecule has 680 valence electrons. The largest absolute Gasteiger partial charge is 0.254 e. The Labute approximate surface area is 857 Å². The summed E-state index contributed by atoms with van der Waals surface area (Å²) in [6.45, 7) is 0. The van der Waals surface area contributed by atoms with Crippen LogP contribution < -0.4 is 0 Å². The summed E-state index contributed by atoms with van der Waals surface area (Å²) >= 11 is 7.47. The predicted molar refractivity (Wildman–Crippen MR) is 623 cm³/mol. The van der Waals surface area contributed by atoms with Crippen molar-refractivity contribution in [1.29, 1.82) is 0 Å². The van der Waals surface area contributed by atoms with E-state index in [2.05, 4.69) is 461 Å². The van der Waals surface area contributed by atoms with Crippen LogP contribution in [0.3, 0.4) is 0 Å². The van der Waals surface area contributed by atoms with Crippen LogP contribution >= 0.6 is 45.3 Å². The second-order valence-corrected chi connectivity index (χ2v) is 41.6. The fraction of sp³-hybridized carbons (Fsp3) is 0. The van der Waals surface area contributed by atoms with Gasteiger partial charge in [-0.25, -0.2) is 24.9 Å². The van der Waals surface area contributed by atoms with Gasteiger partial charge in [-0.05, 0) is 219 Å². The smallest absolute Gasteiger partial charge is 0.160 e. The zero-order chi connectivity index (χ0) is 96.2. The Morgan fingerprint density at radius 1 is 0.137 bits per heavy atom. The summed E-state index contributed by atoms with van der Waals surface area (Å²) in [6, 6.07) is 178. The lowest BCUT2D eigenvalue weighted by Crippen LogP contribution is -1.98. The Bertz CT molecular complexity index is 9910. The first-order chi connectivity index (χ1) is 72.3. The average Bonchev–Trinajstić information content (AvgIpc) is 1.72. The summed E-state index contributed by atoms with van der Waals surface area (Å²) in [5.74, 6) is 1.32. The molecule has 0 atom stereocenters. The van der Waals surface area contributed by atoms with Gasteiger partial charge in [0.05, 0.1) is 39.5 Å². The molecular weight excluding hydrogens is 1850 g/mol. The molecule has 0 amide bonds. The van der Waals surface area contributed by atoms with Crippen molar-refractivity contribution >= 4 is 169 Å². The molecule has 8 heterocycles. The normalized spacial score (nSPS) is 11.7. The molecule has 0 unspecified atom stereocenters. The van der Waals surface area contributed by atoms with E-state index < -0.39 is 0 Å². The van der Waals surface area contributed by atoms with Gasteiger partial charge >= 0.3 is 0 Å². The number of aromatic nitrogens is 6. The minimum absolute atomic E-state index is 0.637. The Morgan fingerprint density at radius 3 is 0.863 bits per heavy atom. The molecule has 0 fully saturated rings. The highest BCUT2D eigenvalue weighted by atomic mass is 32.1. The van der Waals surface area contributed by atoms with Gasteiger partial charge in [0.1, 0.15) is 0 Å². The minimum Gasteiger partial charge on any atom is -0.254 e. The van der Waals surface area contributed by atoms with Gasteiger partial charge in [-0.1, -0.05) is 394 Å². The lowest BCUT2D eigenvalue weighted by atomic mass is 9.92. The highest BCUT2D eigenvalue weighted by Crippen LogP contribution is 2.49. The summed E-state index contributed by atoms with van der Waals surface area (Å²) in [7, 11) is 0. The quantitative estimate of drug-likeness (QED) is 0.0952. The molecule has 29 rings (SSSR count). The van der Waals surface area contributed by atoms with Crippen LogP contribution in [0.5, 0.6) is 0 Å². The van der Waals surface area contributed by atoms with Crippen LogP contribution in [0.25, 0.3) is 292 Å². The van der Waals surface area contributed by atoms with Gasteiger partial charge in [0.15, 0.2) is 11.6 Å². The van der Waals surface area contributed by atoms with E-state index in [1.165, 1.54) is 152 Å². The number of nitrogens with zero attached hydrogens (tertiary/aromatic N) is 6. The average molecular weight is 1930 g/mol. The topological polar surface area (TPSA) is 77.3 Å². The minimum atomic E-state index is 0.637. The number of pyridine rings is 2. The maximum Gasteiger partial charge on any atom is 0.160 e. The predicted octanol–water partition coefficient (Wildman–Crippen LogP) is 38.8. The Balaban J connectivity index is 0.000000142. The molecule has 29 aromatic rings. The standard InChI is InChI=1S/C72H44N2S2.C64H38N4S2/c1-2-14-51(15-3-1)72-73-66(54-17-10-16-52(39-54)53-38-37-50-36-35-47-13-4-5-18-58(47)65(50)43-53)44-67(74-72)57-41-55(45-27-31-48(32-28-45)59-21-11-23-63-61-19-6-8-25-68(61)75-70(59)63)40-56(42-57)46-29-33-49(34-30-46)60-22-12-24-64-62-20-7-9-26-69(62)76-71(60)64;1-2-11-45(12-3-1)64-67-56(38-57(68-64)55-33-32-44-31-30-43-13-10-34-65-60(43)61(44)66-55)48-36-46(39-22-26-41(27-23-39)49-16-8-18-53-51-14-4-6-20-58(51)69-62(49)53)35-47(37-48)40-24-28-42(29-25-40)50-17-9-19-54-52-15-5-7-21-59(52)70-63(50)54/h1-44H;1-38H. The Hall–Kier alpha value is -18.0. The van der Waals surface area contributed by atoms with Crippen molar-refractivity contribution < 1.29 is 0 Å². The van der Waals surface area contributed by atoms with Gasteiger partial charge in [0.2, 0.25) is 0 Å². The first-order valence-corrected chi connectivity index (χ1v) is 52.5. The molecule has 10 heteroatoms. The number of fused-ring (bicyclic) bond motifs is 18. The van der Waals surface area contributed by atoms with Gasteiger partial charge in [-0.2, -0.15) is 0 Å². The van der Waals surface area contributed by atoms with Crippen molar-refractivity contribution in [1.82, 2.24) is 29.9 Å². The highest BCUT2D eigenvalue weighted by Gasteiger charge is 2.23. The molecule has 0 saturated carbocycles. The van der Waals surface area contributed by atoms with Gasteiger partial charge in [-0.15, -0.1) is 45.3 Å². The van der Waals surface area contributed by atoms with Crippen LogP contribution in [0.4, 0.5) is 0 Å². The zero-order valence-electron chi connectivity index (χ0n) is 78.7. The first-order valence-electron chi connectivity index (χ1n) is 49.2. The van der Waals surface area contributed by atoms with Crippen molar-refractivity contribution in [3.63, 3.8) is 0 Å². The molecule has 0 saturated heterocycles. The highest BCUT2D eigenvalue weighted by molar-refractivity contribution is 7.27. The summed E-state index contributed by atoms with van der Waals surface area (Å²) in [5.41, 5.74) is 31.7. The van der Waals surface area contributed by atoms with Gasteiger partial charge < -0.3 is 0 Å². The number of thiophene rings is 4. The molecule has 0 aliphatic heterocycles. The summed E-state index contributed by atoms with van der Waals surface area (Å²) in [6.07, 6.45) is 1.83. The van der Waals surface area contributed by atoms with Gasteiger partial charge in [0.25, 0.3) is 0 Å². The third-order valence-corrected chi connectivity index (χ3v) is 33.5. The van der Waals surface area contributed by atoms with Crippen LogP contribution in [0.1, 0.15) is 0 Å². The number of rotatable bonds is 15. The number of benzene rings is 21. The maximum absolute atomic E-state index is 5.41. The maximum atomic E-state index is 5.41. The van der Waals surface area contributed by atoms with Crippen molar-refractivity contribution in [3.8, 4) is 168 Å². The molecule has 0 N–H and O–H groups in total. The number of hydrogen-bond acceptors (Lipinski definition) is 10. The van der Waals surface area contributed by atoms with Crippen LogP contribution in [0, 0.1) is 0 Å². The molecule has 21 aromatic carbocycles. The molecular formula is C136H82N6S4. The van der Waals surface area contributed by atoms with E-state index in [4.69, 9.17) is 29.9 Å². The fourth-order valence-corrected chi connectivity index (χ4v) is 26.2. The SMILES string of the molecule is c1ccc(-c2nc(-c3cc(-c4ccc(-c5cccc6c5sc5ccccc56)cc4)cc(-c4ccc(-c5cccc6c5sc5ccccc56)cc4)c3)cc(-c3ccc4ccc5cccnc5c4n3)n2)cc1.c1ccc(-c2nc(-c3cccc(-c4ccc5ccc6ccccc6c5c4)c3)cc(-c3cc(-c4ccc(-c5cccc6c5sc5ccccc56)cc4)cc(-c4ccc(-c5cccc6c5sc5ccccc56)cc4)c3)n2)cc1. The van der Waals surface area contributed by atoms with Crippen LogP contribution in [-0.2, 0) is 0 Å². The lowest BCUT2D eigenvalue weighted by molar-refractivity contribution is 1.17. The summed E-state index contributed by atoms with van der Waals surface area (Å²) in [5, 5.41) is 17.5. The fourth-order valence-electron chi connectivity index (χ4n) is 21.3. The van der Waals surface area contributed by atoms with Crippen LogP contribution in [0.2, 0.25) is 0 Å². The molecule has 0 aliphatic rings. The van der Waals surface area contributed by atoms with E-state index in [-0.39, 0.29) is 0 Å². The van der Waals surface area contributed by atoms with E-state index in [1.807, 2.05) is 81.9 Å². The first kappa shape index (κ1) is 85.9. The van der Waals surface area contributed by atoms with Crippen molar-refractivity contribution in [2.45, 2.75) is 0 Å². The van der Waals surface area contributed by atoms with E-state index in [0.29, 0.717) is 11.6 Å². The summed E-state index contributed by atoms with van der Waals surface area (Å²) < 4.78 is 10.5. The monoisotopic (exact) mass is 1930 g/mol. The zero-order valence-corrected chi connectivity index (χ0v) is 81.9. The van der Waals surface area contributed by atoms with E-state index in [1.54, 1.807) is 0 Å². The molecule has 6 nitrogen and oxygen atoms in total. The molecule has 8 aromatic heterocycles. The Kier molecular flexibility index (Phi) is 21.3. The number of hydrogen-bond donors (Lipinski definition) is 0. The van der Waals surface area contributed by atoms with Crippen LogP contribution in [-0.4, -0.2) is 29.9 Å². The van der Waals surface area contributed by atoms with Gasteiger partial charge in [0, 0.05) is 125 Å².